The van der Waals surface area contributed by atoms with E-state index in [1.54, 1.807) is 38.1 Å². The van der Waals surface area contributed by atoms with Crippen molar-refractivity contribution in [3.63, 3.8) is 0 Å². The lowest BCUT2D eigenvalue weighted by atomic mass is 10.1. The standard InChI is InChI=1S/C24H26O7/c1-14-5-9-16(10-6-14)21(25)27-13-18-19(20-23(28-18)31-24(3,4)30-20)29-22(26)17-11-7-15(2)8-12-17/h5-12,18-20,23H,13H2,1-4H3/t18-,19+,20-,23-/m0/s1. The maximum absolute atomic E-state index is 12.7. The molecule has 0 amide bonds. The van der Waals surface area contributed by atoms with Crippen LogP contribution in [0.1, 0.15) is 45.7 Å². The lowest BCUT2D eigenvalue weighted by Gasteiger charge is -2.25. The Hall–Kier alpha value is -2.74. The molecule has 7 nitrogen and oxygen atoms in total. The molecule has 0 saturated carbocycles. The highest BCUT2D eigenvalue weighted by Crippen LogP contribution is 2.39. The third-order valence-corrected chi connectivity index (χ3v) is 5.28. The molecule has 2 aliphatic heterocycles. The molecule has 0 radical (unpaired) electrons. The maximum atomic E-state index is 12.7. The normalized spacial score (nSPS) is 26.3. The first-order valence-corrected chi connectivity index (χ1v) is 10.2. The summed E-state index contributed by atoms with van der Waals surface area (Å²) in [7, 11) is 0. The van der Waals surface area contributed by atoms with Gasteiger partial charge in [-0.05, 0) is 52.0 Å². The minimum atomic E-state index is -0.868. The minimum Gasteiger partial charge on any atom is -0.459 e. The summed E-state index contributed by atoms with van der Waals surface area (Å²) < 4.78 is 28.8. The van der Waals surface area contributed by atoms with E-state index >= 15 is 0 Å². The lowest BCUT2D eigenvalue weighted by molar-refractivity contribution is -0.218. The number of aryl methyl sites for hydroxylation is 2. The predicted molar refractivity (Wildman–Crippen MR) is 111 cm³/mol. The molecule has 2 fully saturated rings. The molecule has 0 bridgehead atoms. The van der Waals surface area contributed by atoms with Gasteiger partial charge in [0.25, 0.3) is 0 Å². The van der Waals surface area contributed by atoms with Crippen molar-refractivity contribution in [2.75, 3.05) is 6.61 Å². The number of ether oxygens (including phenoxy) is 5. The van der Waals surface area contributed by atoms with E-state index in [-0.39, 0.29) is 6.61 Å². The largest absolute Gasteiger partial charge is 0.459 e. The minimum absolute atomic E-state index is 0.0985. The molecule has 0 N–H and O–H groups in total. The van der Waals surface area contributed by atoms with Gasteiger partial charge < -0.3 is 23.7 Å². The zero-order valence-electron chi connectivity index (χ0n) is 18.0. The molecule has 2 heterocycles. The van der Waals surface area contributed by atoms with Crippen molar-refractivity contribution in [2.45, 2.75) is 58.1 Å². The van der Waals surface area contributed by atoms with E-state index in [1.165, 1.54) is 0 Å². The van der Waals surface area contributed by atoms with Crippen molar-refractivity contribution >= 4 is 11.9 Å². The molecule has 0 spiro atoms. The van der Waals surface area contributed by atoms with Gasteiger partial charge in [-0.15, -0.1) is 0 Å². The topological polar surface area (TPSA) is 80.3 Å². The Balaban J connectivity index is 1.46. The van der Waals surface area contributed by atoms with Crippen molar-refractivity contribution < 1.29 is 33.3 Å². The first-order valence-electron chi connectivity index (χ1n) is 10.2. The summed E-state index contributed by atoms with van der Waals surface area (Å²) in [6.45, 7) is 7.31. The smallest absolute Gasteiger partial charge is 0.338 e. The first-order chi connectivity index (χ1) is 14.7. The number of hydrogen-bond acceptors (Lipinski definition) is 7. The third kappa shape index (κ3) is 4.79. The number of rotatable bonds is 5. The summed E-state index contributed by atoms with van der Waals surface area (Å²) >= 11 is 0. The number of benzene rings is 2. The summed E-state index contributed by atoms with van der Waals surface area (Å²) in [6.07, 6.45) is -2.83. The Bertz CT molecular complexity index is 949. The van der Waals surface area contributed by atoms with Crippen LogP contribution in [-0.2, 0) is 23.7 Å². The van der Waals surface area contributed by atoms with Crippen LogP contribution in [0.4, 0.5) is 0 Å². The second-order valence-electron chi connectivity index (χ2n) is 8.34. The molecule has 7 heteroatoms. The van der Waals surface area contributed by atoms with E-state index in [9.17, 15) is 9.59 Å². The van der Waals surface area contributed by atoms with Crippen LogP contribution in [-0.4, -0.2) is 48.9 Å². The second kappa shape index (κ2) is 8.42. The fourth-order valence-electron chi connectivity index (χ4n) is 3.64. The van der Waals surface area contributed by atoms with Gasteiger partial charge in [0.15, 0.2) is 24.3 Å². The van der Waals surface area contributed by atoms with Crippen molar-refractivity contribution in [2.24, 2.45) is 0 Å². The molecule has 31 heavy (non-hydrogen) atoms. The van der Waals surface area contributed by atoms with E-state index in [0.717, 1.165) is 11.1 Å². The molecule has 0 unspecified atom stereocenters. The zero-order chi connectivity index (χ0) is 22.2. The van der Waals surface area contributed by atoms with Crippen LogP contribution in [0.3, 0.4) is 0 Å². The quantitative estimate of drug-likeness (QED) is 0.676. The second-order valence-corrected chi connectivity index (χ2v) is 8.34. The fourth-order valence-corrected chi connectivity index (χ4v) is 3.64. The van der Waals surface area contributed by atoms with Crippen LogP contribution < -0.4 is 0 Å². The van der Waals surface area contributed by atoms with Gasteiger partial charge in [-0.1, -0.05) is 35.4 Å². The fraction of sp³-hybridized carbons (Fsp3) is 0.417. The Morgan fingerprint density at radius 2 is 1.42 bits per heavy atom. The molecule has 2 aromatic carbocycles. The average Bonchev–Trinajstić information content (AvgIpc) is 3.19. The van der Waals surface area contributed by atoms with Gasteiger partial charge in [0, 0.05) is 0 Å². The number of carbonyl (C=O) groups is 2. The number of fused-ring (bicyclic) bond motifs is 1. The molecule has 4 rings (SSSR count). The highest BCUT2D eigenvalue weighted by atomic mass is 16.8. The summed E-state index contributed by atoms with van der Waals surface area (Å²) in [4.78, 5) is 25.1. The molecule has 0 aliphatic carbocycles. The van der Waals surface area contributed by atoms with Gasteiger partial charge >= 0.3 is 11.9 Å². The van der Waals surface area contributed by atoms with Crippen LogP contribution in [0.2, 0.25) is 0 Å². The van der Waals surface area contributed by atoms with Crippen molar-refractivity contribution in [1.29, 1.82) is 0 Å². The van der Waals surface area contributed by atoms with E-state index in [4.69, 9.17) is 23.7 Å². The SMILES string of the molecule is Cc1ccc(C(=O)OC[C@@H]2O[C@H]3OC(C)(C)O[C@H]3[C@@H]2OC(=O)c2ccc(C)cc2)cc1. The van der Waals surface area contributed by atoms with E-state index < -0.39 is 42.3 Å². The number of esters is 2. The molecular formula is C24H26O7. The van der Waals surface area contributed by atoms with Crippen molar-refractivity contribution in [3.05, 3.63) is 70.8 Å². The lowest BCUT2D eigenvalue weighted by Crippen LogP contribution is -2.40. The molecule has 4 atom stereocenters. The van der Waals surface area contributed by atoms with Crippen LogP contribution in [0, 0.1) is 13.8 Å². The van der Waals surface area contributed by atoms with E-state index in [0.29, 0.717) is 11.1 Å². The molecule has 164 valence electrons. The molecule has 2 saturated heterocycles. The van der Waals surface area contributed by atoms with Gasteiger partial charge in [0.1, 0.15) is 12.7 Å². The van der Waals surface area contributed by atoms with Crippen LogP contribution >= 0.6 is 0 Å². The highest BCUT2D eigenvalue weighted by Gasteiger charge is 2.57. The highest BCUT2D eigenvalue weighted by molar-refractivity contribution is 5.90. The van der Waals surface area contributed by atoms with Gasteiger partial charge in [-0.25, -0.2) is 9.59 Å². The van der Waals surface area contributed by atoms with Crippen LogP contribution in [0.25, 0.3) is 0 Å². The molecular weight excluding hydrogens is 400 g/mol. The predicted octanol–water partition coefficient (Wildman–Crippen LogP) is 3.56. The average molecular weight is 426 g/mol. The number of hydrogen-bond donors (Lipinski definition) is 0. The molecule has 0 aromatic heterocycles. The zero-order valence-corrected chi connectivity index (χ0v) is 18.0. The molecule has 2 aromatic rings. The maximum Gasteiger partial charge on any atom is 0.338 e. The van der Waals surface area contributed by atoms with E-state index in [2.05, 4.69) is 0 Å². The third-order valence-electron chi connectivity index (χ3n) is 5.28. The van der Waals surface area contributed by atoms with Gasteiger partial charge in [-0.2, -0.15) is 0 Å². The Morgan fingerprint density at radius 3 is 2.00 bits per heavy atom. The monoisotopic (exact) mass is 426 g/mol. The van der Waals surface area contributed by atoms with Gasteiger partial charge in [-0.3, -0.25) is 0 Å². The number of carbonyl (C=O) groups excluding carboxylic acids is 2. The Morgan fingerprint density at radius 1 is 0.871 bits per heavy atom. The Labute approximate surface area is 181 Å². The van der Waals surface area contributed by atoms with Crippen molar-refractivity contribution in [1.82, 2.24) is 0 Å². The van der Waals surface area contributed by atoms with E-state index in [1.807, 2.05) is 38.1 Å². The molecule has 2 aliphatic rings. The van der Waals surface area contributed by atoms with Crippen molar-refractivity contribution in [3.8, 4) is 0 Å². The summed E-state index contributed by atoms with van der Waals surface area (Å²) in [5, 5.41) is 0. The summed E-state index contributed by atoms with van der Waals surface area (Å²) in [6, 6.07) is 14.1. The first kappa shape index (κ1) is 21.5. The van der Waals surface area contributed by atoms with Gasteiger partial charge in [0.05, 0.1) is 11.1 Å². The van der Waals surface area contributed by atoms with Crippen LogP contribution in [0.5, 0.6) is 0 Å². The summed E-state index contributed by atoms with van der Waals surface area (Å²) in [5.41, 5.74) is 2.94. The Kier molecular flexibility index (Phi) is 5.83. The van der Waals surface area contributed by atoms with Crippen LogP contribution in [0.15, 0.2) is 48.5 Å². The summed E-state index contributed by atoms with van der Waals surface area (Å²) in [5.74, 6) is -1.85. The van der Waals surface area contributed by atoms with Gasteiger partial charge in [0.2, 0.25) is 0 Å².